The van der Waals surface area contributed by atoms with Crippen LogP contribution in [0.5, 0.6) is 0 Å². The molecule has 25 heavy (non-hydrogen) atoms. The molecule has 0 saturated carbocycles. The molecule has 5 heteroatoms. The van der Waals surface area contributed by atoms with Crippen LogP contribution in [0.2, 0.25) is 0 Å². The topological polar surface area (TPSA) is 55.5 Å². The summed E-state index contributed by atoms with van der Waals surface area (Å²) in [5.41, 5.74) is 0.102. The third-order valence-electron chi connectivity index (χ3n) is 4.61. The molecule has 0 fully saturated rings. The molecule has 1 aromatic heterocycles. The number of fused-ring (bicyclic) bond motifs is 1. The van der Waals surface area contributed by atoms with Crippen molar-refractivity contribution in [2.75, 3.05) is 19.6 Å². The van der Waals surface area contributed by atoms with Crippen molar-refractivity contribution in [3.05, 3.63) is 45.2 Å². The minimum atomic E-state index is -0.564. The first-order valence-corrected chi connectivity index (χ1v) is 9.52. The van der Waals surface area contributed by atoms with Crippen molar-refractivity contribution in [3.63, 3.8) is 0 Å². The summed E-state index contributed by atoms with van der Waals surface area (Å²) in [7, 11) is 0. The van der Waals surface area contributed by atoms with E-state index in [2.05, 4.69) is 18.7 Å². The van der Waals surface area contributed by atoms with Gasteiger partial charge >= 0.3 is 11.4 Å². The zero-order valence-electron chi connectivity index (χ0n) is 15.5. The Balaban J connectivity index is 2.12. The first-order chi connectivity index (χ1) is 12.2. The van der Waals surface area contributed by atoms with Crippen LogP contribution in [0, 0.1) is 0 Å². The molecule has 0 aliphatic heterocycles. The third kappa shape index (κ3) is 5.56. The molecule has 138 valence electrons. The lowest BCUT2D eigenvalue weighted by Crippen LogP contribution is -2.33. The van der Waals surface area contributed by atoms with E-state index < -0.39 is 11.4 Å². The molecule has 0 aliphatic carbocycles. The van der Waals surface area contributed by atoms with Gasteiger partial charge in [0.05, 0.1) is 10.9 Å². The maximum absolute atomic E-state index is 12.2. The first-order valence-electron chi connectivity index (χ1n) is 9.52. The summed E-state index contributed by atoms with van der Waals surface area (Å²) >= 11 is 0. The van der Waals surface area contributed by atoms with Gasteiger partial charge in [-0.15, -0.1) is 0 Å². The van der Waals surface area contributed by atoms with Crippen molar-refractivity contribution in [2.45, 2.75) is 58.9 Å². The van der Waals surface area contributed by atoms with E-state index in [1.165, 1.54) is 38.5 Å². The van der Waals surface area contributed by atoms with Crippen LogP contribution in [0.3, 0.4) is 0 Å². The molecule has 1 aromatic carbocycles. The number of rotatable bonds is 11. The molecule has 0 radical (unpaired) electrons. The van der Waals surface area contributed by atoms with Crippen LogP contribution in [0.25, 0.3) is 10.9 Å². The van der Waals surface area contributed by atoms with Gasteiger partial charge in [-0.2, -0.15) is 0 Å². The van der Waals surface area contributed by atoms with E-state index >= 15 is 0 Å². The fraction of sp³-hybridized carbons (Fsp3) is 0.600. The molecule has 0 amide bonds. The lowest BCUT2D eigenvalue weighted by molar-refractivity contribution is 0.247. The predicted octanol–water partition coefficient (Wildman–Crippen LogP) is 3.64. The Morgan fingerprint density at radius 1 is 0.920 bits per heavy atom. The van der Waals surface area contributed by atoms with E-state index in [1.54, 1.807) is 16.7 Å². The molecule has 0 saturated heterocycles. The van der Waals surface area contributed by atoms with E-state index in [9.17, 15) is 9.59 Å². The largest absolute Gasteiger partial charge is 0.422 e. The van der Waals surface area contributed by atoms with Crippen LogP contribution < -0.4 is 11.4 Å². The molecule has 0 atom stereocenters. The molecular formula is C20H30N2O3. The van der Waals surface area contributed by atoms with Gasteiger partial charge in [-0.3, -0.25) is 4.57 Å². The zero-order chi connectivity index (χ0) is 18.1. The summed E-state index contributed by atoms with van der Waals surface area (Å²) in [5.74, 6) is -0.564. The molecule has 1 heterocycles. The quantitative estimate of drug-likeness (QED) is 0.583. The Morgan fingerprint density at radius 3 is 2.20 bits per heavy atom. The van der Waals surface area contributed by atoms with Crippen molar-refractivity contribution in [1.82, 2.24) is 9.47 Å². The number of benzene rings is 1. The third-order valence-corrected chi connectivity index (χ3v) is 4.61. The second kappa shape index (κ2) is 10.2. The second-order valence-electron chi connectivity index (χ2n) is 6.58. The maximum Gasteiger partial charge on any atom is 0.422 e. The van der Waals surface area contributed by atoms with Crippen molar-refractivity contribution < 1.29 is 4.42 Å². The van der Waals surface area contributed by atoms with Gasteiger partial charge < -0.3 is 9.32 Å². The highest BCUT2D eigenvalue weighted by atomic mass is 16.4. The zero-order valence-corrected chi connectivity index (χ0v) is 15.5. The highest BCUT2D eigenvalue weighted by Crippen LogP contribution is 2.08. The van der Waals surface area contributed by atoms with Crippen molar-refractivity contribution in [1.29, 1.82) is 0 Å². The summed E-state index contributed by atoms with van der Waals surface area (Å²) in [6.07, 6.45) is 7.23. The molecule has 0 N–H and O–H groups in total. The summed E-state index contributed by atoms with van der Waals surface area (Å²) in [4.78, 5) is 26.4. The summed E-state index contributed by atoms with van der Waals surface area (Å²) in [5, 5.41) is 0.464. The fourth-order valence-electron chi connectivity index (χ4n) is 3.13. The van der Waals surface area contributed by atoms with Crippen molar-refractivity contribution >= 4 is 10.9 Å². The van der Waals surface area contributed by atoms with E-state index in [1.807, 2.05) is 12.1 Å². The van der Waals surface area contributed by atoms with Gasteiger partial charge in [-0.25, -0.2) is 9.59 Å². The van der Waals surface area contributed by atoms with E-state index in [-0.39, 0.29) is 0 Å². The lowest BCUT2D eigenvalue weighted by atomic mass is 10.2. The summed E-state index contributed by atoms with van der Waals surface area (Å²) in [6, 6.07) is 7.15. The molecule has 2 rings (SSSR count). The minimum Gasteiger partial charge on any atom is -0.372 e. The van der Waals surface area contributed by atoms with E-state index in [0.717, 1.165) is 19.6 Å². The van der Waals surface area contributed by atoms with Crippen LogP contribution in [0.4, 0.5) is 0 Å². The Labute approximate surface area is 149 Å². The Kier molecular flexibility index (Phi) is 7.92. The Bertz CT molecular complexity index is 753. The normalized spacial score (nSPS) is 11.5. The molecule has 2 aromatic rings. The van der Waals surface area contributed by atoms with Gasteiger partial charge in [0, 0.05) is 13.1 Å². The SMILES string of the molecule is CCCCCN(CCCCC)CCn1c(=O)oc(=O)c2ccccc21. The van der Waals surface area contributed by atoms with Crippen LogP contribution >= 0.6 is 0 Å². The van der Waals surface area contributed by atoms with Gasteiger partial charge in [0.1, 0.15) is 0 Å². The Morgan fingerprint density at radius 2 is 1.56 bits per heavy atom. The second-order valence-corrected chi connectivity index (χ2v) is 6.58. The number of para-hydroxylation sites is 1. The first kappa shape index (κ1) is 19.4. The fourth-order valence-corrected chi connectivity index (χ4v) is 3.13. The number of nitrogens with zero attached hydrogens (tertiary/aromatic N) is 2. The average molecular weight is 346 g/mol. The molecular weight excluding hydrogens is 316 g/mol. The average Bonchev–Trinajstić information content (AvgIpc) is 2.61. The van der Waals surface area contributed by atoms with Gasteiger partial charge in [0.2, 0.25) is 0 Å². The summed E-state index contributed by atoms with van der Waals surface area (Å²) < 4.78 is 6.47. The highest BCUT2D eigenvalue weighted by molar-refractivity contribution is 5.77. The molecule has 0 unspecified atom stereocenters. The predicted molar refractivity (Wildman–Crippen MR) is 102 cm³/mol. The van der Waals surface area contributed by atoms with Crippen LogP contribution in [-0.2, 0) is 6.54 Å². The number of aromatic nitrogens is 1. The Hall–Kier alpha value is -1.88. The molecule has 5 nitrogen and oxygen atoms in total. The van der Waals surface area contributed by atoms with Crippen LogP contribution in [0.1, 0.15) is 52.4 Å². The highest BCUT2D eigenvalue weighted by Gasteiger charge is 2.11. The maximum atomic E-state index is 12.2. The van der Waals surface area contributed by atoms with Gasteiger partial charge in [-0.05, 0) is 38.1 Å². The van der Waals surface area contributed by atoms with Gasteiger partial charge in [0.15, 0.2) is 0 Å². The molecule has 0 aliphatic rings. The minimum absolute atomic E-state index is 0.464. The molecule has 0 spiro atoms. The number of unbranched alkanes of at least 4 members (excludes halogenated alkanes) is 4. The number of hydrogen-bond donors (Lipinski definition) is 0. The molecule has 0 bridgehead atoms. The monoisotopic (exact) mass is 346 g/mol. The van der Waals surface area contributed by atoms with Crippen LogP contribution in [-0.4, -0.2) is 29.1 Å². The number of hydrogen-bond acceptors (Lipinski definition) is 4. The lowest BCUT2D eigenvalue weighted by Gasteiger charge is -2.22. The van der Waals surface area contributed by atoms with E-state index in [0.29, 0.717) is 17.4 Å². The summed E-state index contributed by atoms with van der Waals surface area (Å²) in [6.45, 7) is 7.87. The van der Waals surface area contributed by atoms with Gasteiger partial charge in [-0.1, -0.05) is 51.7 Å². The van der Waals surface area contributed by atoms with Gasteiger partial charge in [0.25, 0.3) is 0 Å². The van der Waals surface area contributed by atoms with Crippen LogP contribution in [0.15, 0.2) is 38.3 Å². The smallest absolute Gasteiger partial charge is 0.372 e. The standard InChI is InChI=1S/C20H30N2O3/c1-3-5-9-13-21(14-10-6-4-2)15-16-22-18-12-8-7-11-17(18)19(23)25-20(22)24/h7-8,11-12H,3-6,9-10,13-16H2,1-2H3. The van der Waals surface area contributed by atoms with Crippen molar-refractivity contribution in [2.24, 2.45) is 0 Å². The van der Waals surface area contributed by atoms with E-state index in [4.69, 9.17) is 4.42 Å². The van der Waals surface area contributed by atoms with Crippen molar-refractivity contribution in [3.8, 4) is 0 Å².